The molecule has 3 aromatic carbocycles. The highest BCUT2D eigenvalue weighted by atomic mass is 79.9. The van der Waals surface area contributed by atoms with Gasteiger partial charge < -0.3 is 0 Å². The molecule has 1 N–H and O–H groups in total. The first-order valence-corrected chi connectivity index (χ1v) is 9.06. The van der Waals surface area contributed by atoms with Crippen molar-refractivity contribution in [2.45, 2.75) is 0 Å². The molecule has 0 atom stereocenters. The largest absolute Gasteiger partial charge is 0.261 e. The maximum Gasteiger partial charge on any atom is 0.162 e. The summed E-state index contributed by atoms with van der Waals surface area (Å²) < 4.78 is 14.0. The molecule has 0 aliphatic rings. The van der Waals surface area contributed by atoms with E-state index in [0.717, 1.165) is 26.5 Å². The lowest BCUT2D eigenvalue weighted by molar-refractivity contribution is 0.628. The lowest BCUT2D eigenvalue weighted by Crippen LogP contribution is -1.99. The fraction of sp³-hybridized carbons (Fsp3) is 0. The first kappa shape index (κ1) is 17.3. The van der Waals surface area contributed by atoms with Crippen molar-refractivity contribution in [3.05, 3.63) is 88.6 Å². The Hall–Kier alpha value is -3.12. The van der Waals surface area contributed by atoms with Crippen LogP contribution in [0.3, 0.4) is 0 Å². The van der Waals surface area contributed by atoms with Crippen LogP contribution in [-0.4, -0.2) is 16.2 Å². The van der Waals surface area contributed by atoms with Gasteiger partial charge in [0.05, 0.1) is 11.7 Å². The highest BCUT2D eigenvalue weighted by molar-refractivity contribution is 9.10. The first-order valence-electron chi connectivity index (χ1n) is 8.26. The predicted octanol–water partition coefficient (Wildman–Crippen LogP) is 5.64. The van der Waals surface area contributed by atoms with E-state index in [4.69, 9.17) is 0 Å². The van der Waals surface area contributed by atoms with Crippen molar-refractivity contribution < 1.29 is 4.39 Å². The van der Waals surface area contributed by atoms with Crippen LogP contribution < -0.4 is 5.43 Å². The molecule has 0 aliphatic heterocycles. The van der Waals surface area contributed by atoms with Crippen LogP contribution in [-0.2, 0) is 0 Å². The van der Waals surface area contributed by atoms with Crippen LogP contribution in [0.5, 0.6) is 0 Å². The molecule has 0 spiro atoms. The summed E-state index contributed by atoms with van der Waals surface area (Å²) in [6, 6.07) is 21.7. The zero-order valence-corrected chi connectivity index (χ0v) is 15.7. The van der Waals surface area contributed by atoms with Crippen LogP contribution in [0.15, 0.2) is 82.4 Å². The van der Waals surface area contributed by atoms with Crippen molar-refractivity contribution in [3.63, 3.8) is 0 Å². The summed E-state index contributed by atoms with van der Waals surface area (Å²) in [5.41, 5.74) is 5.51. The number of fused-ring (bicyclic) bond motifs is 1. The second-order valence-corrected chi connectivity index (χ2v) is 6.76. The Morgan fingerprint density at radius 1 is 0.889 bits per heavy atom. The number of hydrogen-bond donors (Lipinski definition) is 1. The zero-order chi connectivity index (χ0) is 18.6. The Morgan fingerprint density at radius 3 is 2.41 bits per heavy atom. The van der Waals surface area contributed by atoms with E-state index in [0.29, 0.717) is 11.6 Å². The van der Waals surface area contributed by atoms with E-state index in [1.165, 1.54) is 12.1 Å². The molecule has 4 nitrogen and oxygen atoms in total. The molecule has 1 heterocycles. The minimum Gasteiger partial charge on any atom is -0.261 e. The van der Waals surface area contributed by atoms with Crippen LogP contribution in [0, 0.1) is 5.82 Å². The van der Waals surface area contributed by atoms with Gasteiger partial charge in [0.2, 0.25) is 0 Å². The first-order chi connectivity index (χ1) is 13.2. The molecule has 6 heteroatoms. The van der Waals surface area contributed by atoms with Gasteiger partial charge >= 0.3 is 0 Å². The number of nitrogens with one attached hydrogen (secondary N) is 1. The average Bonchev–Trinajstić information content (AvgIpc) is 2.70. The molecule has 0 amide bonds. The van der Waals surface area contributed by atoms with Gasteiger partial charge in [0.25, 0.3) is 0 Å². The van der Waals surface area contributed by atoms with Gasteiger partial charge in [-0.15, -0.1) is 0 Å². The van der Waals surface area contributed by atoms with E-state index in [-0.39, 0.29) is 5.82 Å². The number of para-hydroxylation sites is 1. The molecule has 0 aliphatic carbocycles. The molecular weight excluding hydrogens is 407 g/mol. The van der Waals surface area contributed by atoms with Crippen LogP contribution in [0.1, 0.15) is 5.56 Å². The van der Waals surface area contributed by atoms with Crippen molar-refractivity contribution in [2.75, 3.05) is 5.43 Å². The Morgan fingerprint density at radius 2 is 1.63 bits per heavy atom. The number of nitrogens with zero attached hydrogens (tertiary/aromatic N) is 3. The molecule has 1 aromatic heterocycles. The molecule has 132 valence electrons. The Balaban J connectivity index is 1.70. The number of hydrazone groups is 1. The summed E-state index contributed by atoms with van der Waals surface area (Å²) in [4.78, 5) is 9.29. The van der Waals surface area contributed by atoms with E-state index in [9.17, 15) is 4.39 Å². The van der Waals surface area contributed by atoms with Crippen molar-refractivity contribution >= 4 is 38.9 Å². The van der Waals surface area contributed by atoms with E-state index in [1.54, 1.807) is 18.3 Å². The molecule has 4 rings (SSSR count). The van der Waals surface area contributed by atoms with Gasteiger partial charge in [-0.1, -0.05) is 52.3 Å². The van der Waals surface area contributed by atoms with Crippen molar-refractivity contribution in [2.24, 2.45) is 5.10 Å². The Bertz CT molecular complexity index is 1110. The highest BCUT2D eigenvalue weighted by Crippen LogP contribution is 2.25. The van der Waals surface area contributed by atoms with Gasteiger partial charge in [0, 0.05) is 15.4 Å². The van der Waals surface area contributed by atoms with Gasteiger partial charge in [-0.3, -0.25) is 5.43 Å². The smallest absolute Gasteiger partial charge is 0.162 e. The summed E-state index contributed by atoms with van der Waals surface area (Å²) in [7, 11) is 0. The van der Waals surface area contributed by atoms with Crippen LogP contribution in [0.4, 0.5) is 10.2 Å². The van der Waals surface area contributed by atoms with Crippen LogP contribution in [0.25, 0.3) is 22.3 Å². The second kappa shape index (κ2) is 7.63. The van der Waals surface area contributed by atoms with Crippen LogP contribution >= 0.6 is 15.9 Å². The minimum absolute atomic E-state index is 0.277. The fourth-order valence-electron chi connectivity index (χ4n) is 2.61. The standard InChI is InChI=1S/C21H14BrFN4/c22-16-9-7-15(8-10-16)20-25-19-4-2-1-3-18(19)21(26-20)27-24-13-14-5-11-17(23)12-6-14/h1-13H,(H,25,26,27)/b24-13+. The van der Waals surface area contributed by atoms with Gasteiger partial charge in [-0.2, -0.15) is 5.10 Å². The summed E-state index contributed by atoms with van der Waals surface area (Å²) >= 11 is 3.44. The molecule has 0 saturated heterocycles. The molecule has 0 saturated carbocycles. The lowest BCUT2D eigenvalue weighted by atomic mass is 10.2. The number of halogens is 2. The van der Waals surface area contributed by atoms with E-state index >= 15 is 0 Å². The molecule has 0 radical (unpaired) electrons. The second-order valence-electron chi connectivity index (χ2n) is 5.84. The van der Waals surface area contributed by atoms with Gasteiger partial charge in [-0.05, 0) is 42.0 Å². The Labute approximate surface area is 163 Å². The number of anilines is 1. The quantitative estimate of drug-likeness (QED) is 0.343. The molecular formula is C21H14BrFN4. The van der Waals surface area contributed by atoms with Crippen molar-refractivity contribution in [1.82, 2.24) is 9.97 Å². The normalized spacial score (nSPS) is 11.2. The third kappa shape index (κ3) is 4.01. The monoisotopic (exact) mass is 420 g/mol. The van der Waals surface area contributed by atoms with E-state index in [2.05, 4.69) is 36.4 Å². The van der Waals surface area contributed by atoms with Crippen molar-refractivity contribution in [1.29, 1.82) is 0 Å². The number of rotatable bonds is 4. The SMILES string of the molecule is Fc1ccc(/C=N/Nc2nc(-c3ccc(Br)cc3)nc3ccccc23)cc1. The number of aromatic nitrogens is 2. The summed E-state index contributed by atoms with van der Waals surface area (Å²) in [5.74, 6) is 0.943. The molecule has 27 heavy (non-hydrogen) atoms. The summed E-state index contributed by atoms with van der Waals surface area (Å²) in [6.07, 6.45) is 1.62. The highest BCUT2D eigenvalue weighted by Gasteiger charge is 2.08. The third-order valence-corrected chi connectivity index (χ3v) is 4.49. The zero-order valence-electron chi connectivity index (χ0n) is 14.1. The molecule has 4 aromatic rings. The predicted molar refractivity (Wildman–Crippen MR) is 110 cm³/mol. The maximum atomic E-state index is 13.0. The summed E-state index contributed by atoms with van der Waals surface area (Å²) in [5, 5.41) is 5.12. The minimum atomic E-state index is -0.277. The third-order valence-electron chi connectivity index (χ3n) is 3.96. The summed E-state index contributed by atoms with van der Waals surface area (Å²) in [6.45, 7) is 0. The maximum absolute atomic E-state index is 13.0. The topological polar surface area (TPSA) is 50.2 Å². The van der Waals surface area contributed by atoms with Gasteiger partial charge in [0.1, 0.15) is 5.82 Å². The Kier molecular flexibility index (Phi) is 4.89. The van der Waals surface area contributed by atoms with E-state index < -0.39 is 0 Å². The number of hydrogen-bond acceptors (Lipinski definition) is 4. The fourth-order valence-corrected chi connectivity index (χ4v) is 2.87. The average molecular weight is 421 g/mol. The van der Waals surface area contributed by atoms with E-state index in [1.807, 2.05) is 48.5 Å². The lowest BCUT2D eigenvalue weighted by Gasteiger charge is -2.08. The van der Waals surface area contributed by atoms with Gasteiger partial charge in [0.15, 0.2) is 11.6 Å². The van der Waals surface area contributed by atoms with Crippen LogP contribution in [0.2, 0.25) is 0 Å². The molecule has 0 fully saturated rings. The molecule has 0 bridgehead atoms. The molecule has 0 unspecified atom stereocenters. The number of benzene rings is 3. The van der Waals surface area contributed by atoms with Crippen molar-refractivity contribution in [3.8, 4) is 11.4 Å². The van der Waals surface area contributed by atoms with Gasteiger partial charge in [-0.25, -0.2) is 14.4 Å².